The molecule has 1 saturated heterocycles. The van der Waals surface area contributed by atoms with Crippen molar-refractivity contribution in [2.75, 3.05) is 25.0 Å². The van der Waals surface area contributed by atoms with E-state index in [4.69, 9.17) is 16.3 Å². The van der Waals surface area contributed by atoms with Crippen LogP contribution in [0.4, 0.5) is 15.8 Å². The summed E-state index contributed by atoms with van der Waals surface area (Å²) in [5.41, 5.74) is 3.38. The summed E-state index contributed by atoms with van der Waals surface area (Å²) in [7, 11) is 0. The van der Waals surface area contributed by atoms with Gasteiger partial charge in [-0.1, -0.05) is 17.7 Å². The van der Waals surface area contributed by atoms with Crippen molar-refractivity contribution in [1.82, 2.24) is 20.2 Å². The summed E-state index contributed by atoms with van der Waals surface area (Å²) in [4.78, 5) is 23.0. The van der Waals surface area contributed by atoms with Gasteiger partial charge in [0.2, 0.25) is 0 Å². The molecule has 36 heavy (non-hydrogen) atoms. The zero-order valence-electron chi connectivity index (χ0n) is 20.8. The minimum atomic E-state index is -0.578. The van der Waals surface area contributed by atoms with Crippen LogP contribution in [-0.4, -0.2) is 52.1 Å². The molecule has 0 spiro atoms. The molecular weight excluding hydrogens is 481 g/mol. The molecule has 0 unspecified atom stereocenters. The van der Waals surface area contributed by atoms with Gasteiger partial charge >= 0.3 is 0 Å². The third kappa shape index (κ3) is 4.67. The number of amides is 1. The number of nitrogens with one attached hydrogen (secondary N) is 3. The molecule has 1 fully saturated rings. The quantitative estimate of drug-likeness (QED) is 0.405. The summed E-state index contributed by atoms with van der Waals surface area (Å²) >= 11 is 6.02. The van der Waals surface area contributed by atoms with E-state index in [0.717, 1.165) is 30.6 Å². The first kappa shape index (κ1) is 24.6. The molecule has 2 aliphatic rings. The summed E-state index contributed by atoms with van der Waals surface area (Å²) in [6.45, 7) is 8.78. The van der Waals surface area contributed by atoms with Crippen LogP contribution in [0.3, 0.4) is 0 Å². The first-order chi connectivity index (χ1) is 17.2. The van der Waals surface area contributed by atoms with E-state index in [2.05, 4.69) is 46.3 Å². The van der Waals surface area contributed by atoms with Crippen molar-refractivity contribution in [3.63, 3.8) is 0 Å². The highest BCUT2D eigenvalue weighted by atomic mass is 35.5. The number of hydrogen-bond acceptors (Lipinski definition) is 5. The van der Waals surface area contributed by atoms with Crippen LogP contribution >= 0.6 is 11.6 Å². The maximum absolute atomic E-state index is 14.8. The number of hydrogen-bond donors (Lipinski definition) is 3. The van der Waals surface area contributed by atoms with Crippen LogP contribution in [0.1, 0.15) is 49.7 Å². The average molecular weight is 512 g/mol. The minimum absolute atomic E-state index is 0.00306. The Hall–Kier alpha value is -3.10. The Bertz CT molecular complexity index is 1290. The Morgan fingerprint density at radius 1 is 1.31 bits per heavy atom. The number of anilines is 2. The fourth-order valence-corrected chi connectivity index (χ4v) is 5.40. The molecule has 1 atom stereocenters. The molecule has 0 saturated carbocycles. The minimum Gasteiger partial charge on any atom is -0.490 e. The number of halogens is 2. The van der Waals surface area contributed by atoms with E-state index in [0.29, 0.717) is 48.3 Å². The molecule has 2 aliphatic heterocycles. The number of benzene rings is 1. The summed E-state index contributed by atoms with van der Waals surface area (Å²) in [6.07, 6.45) is 6.23. The van der Waals surface area contributed by atoms with Gasteiger partial charge in [0.25, 0.3) is 5.91 Å². The Morgan fingerprint density at radius 3 is 2.94 bits per heavy atom. The van der Waals surface area contributed by atoms with Gasteiger partial charge in [0, 0.05) is 42.0 Å². The zero-order chi connectivity index (χ0) is 25.4. The highest BCUT2D eigenvalue weighted by Crippen LogP contribution is 2.41. The Morgan fingerprint density at radius 2 is 2.14 bits per heavy atom. The van der Waals surface area contributed by atoms with E-state index in [-0.39, 0.29) is 22.2 Å². The predicted molar refractivity (Wildman–Crippen MR) is 140 cm³/mol. The van der Waals surface area contributed by atoms with Gasteiger partial charge in [-0.2, -0.15) is 0 Å². The predicted octanol–water partition coefficient (Wildman–Crippen LogP) is 5.54. The maximum atomic E-state index is 14.8. The van der Waals surface area contributed by atoms with Gasteiger partial charge in [0.15, 0.2) is 5.82 Å². The number of pyridine rings is 1. The number of likely N-dealkylation sites (tertiary alicyclic amines) is 1. The topological polar surface area (TPSA) is 82.3 Å². The lowest BCUT2D eigenvalue weighted by Gasteiger charge is -2.36. The van der Waals surface area contributed by atoms with Crippen molar-refractivity contribution >= 4 is 28.9 Å². The summed E-state index contributed by atoms with van der Waals surface area (Å²) < 4.78 is 21.2. The van der Waals surface area contributed by atoms with Crippen LogP contribution in [0.15, 0.2) is 36.7 Å². The number of aromatic nitrogens is 2. The van der Waals surface area contributed by atoms with E-state index in [1.807, 2.05) is 6.07 Å². The Kier molecular flexibility index (Phi) is 6.66. The van der Waals surface area contributed by atoms with Crippen LogP contribution in [-0.2, 0) is 6.42 Å². The van der Waals surface area contributed by atoms with Crippen molar-refractivity contribution in [2.45, 2.75) is 51.6 Å². The molecule has 0 radical (unpaired) electrons. The lowest BCUT2D eigenvalue weighted by molar-refractivity contribution is 0.0878. The first-order valence-electron chi connectivity index (χ1n) is 12.3. The van der Waals surface area contributed by atoms with Crippen LogP contribution in [0.2, 0.25) is 5.02 Å². The fourth-order valence-electron chi connectivity index (χ4n) is 5.22. The number of carbonyl (C=O) groups excluding carboxylic acids is 1. The molecular formula is C27H31ClFN5O2. The van der Waals surface area contributed by atoms with Crippen molar-refractivity contribution in [3.8, 4) is 17.0 Å². The largest absolute Gasteiger partial charge is 0.490 e. The molecule has 1 aromatic carbocycles. The second-order valence-electron chi connectivity index (χ2n) is 10.3. The number of aromatic amines is 1. The fraction of sp³-hybridized carbons (Fsp3) is 0.407. The molecule has 190 valence electrons. The number of H-pyrrole nitrogens is 1. The van der Waals surface area contributed by atoms with E-state index >= 15 is 0 Å². The van der Waals surface area contributed by atoms with E-state index < -0.39 is 5.82 Å². The van der Waals surface area contributed by atoms with Crippen molar-refractivity contribution in [1.29, 1.82) is 0 Å². The summed E-state index contributed by atoms with van der Waals surface area (Å²) in [6, 6.07) is 6.90. The third-order valence-corrected chi connectivity index (χ3v) is 7.19. The normalized spacial score (nSPS) is 18.1. The lowest BCUT2D eigenvalue weighted by atomic mass is 10.0. The molecule has 4 heterocycles. The smallest absolute Gasteiger partial charge is 0.255 e. The molecule has 3 N–H and O–H groups in total. The molecule has 3 aromatic rings. The maximum Gasteiger partial charge on any atom is 0.255 e. The zero-order valence-corrected chi connectivity index (χ0v) is 21.5. The van der Waals surface area contributed by atoms with Crippen LogP contribution in [0, 0.1) is 5.82 Å². The molecule has 5 rings (SSSR count). The van der Waals surface area contributed by atoms with E-state index in [1.54, 1.807) is 24.5 Å². The molecule has 9 heteroatoms. The number of carbonyl (C=O) groups is 1. The average Bonchev–Trinajstić information content (AvgIpc) is 3.46. The van der Waals surface area contributed by atoms with Gasteiger partial charge in [-0.3, -0.25) is 14.7 Å². The van der Waals surface area contributed by atoms with E-state index in [9.17, 15) is 9.18 Å². The number of rotatable bonds is 6. The molecule has 1 amide bonds. The van der Waals surface area contributed by atoms with Crippen LogP contribution in [0.25, 0.3) is 11.3 Å². The van der Waals surface area contributed by atoms with Gasteiger partial charge in [-0.05, 0) is 58.4 Å². The highest BCUT2D eigenvalue weighted by molar-refractivity contribution is 6.31. The van der Waals surface area contributed by atoms with Crippen LogP contribution in [0.5, 0.6) is 5.75 Å². The molecule has 2 aromatic heterocycles. The lowest BCUT2D eigenvalue weighted by Crippen LogP contribution is -2.46. The summed E-state index contributed by atoms with van der Waals surface area (Å²) in [5.74, 6) is -0.190. The second-order valence-corrected chi connectivity index (χ2v) is 10.7. The van der Waals surface area contributed by atoms with Crippen molar-refractivity contribution < 1.29 is 13.9 Å². The SMILES string of the molecule is CC(C)(C)N1CCC[C@H]1COc1cnccc1-c1[nH]c2c(c1Nc1cccc(Cl)c1F)C(=O)NCC2. The Balaban J connectivity index is 1.52. The summed E-state index contributed by atoms with van der Waals surface area (Å²) in [5, 5.41) is 6.02. The van der Waals surface area contributed by atoms with Gasteiger partial charge in [-0.15, -0.1) is 0 Å². The van der Waals surface area contributed by atoms with Crippen LogP contribution < -0.4 is 15.4 Å². The van der Waals surface area contributed by atoms with Gasteiger partial charge in [0.05, 0.1) is 33.9 Å². The van der Waals surface area contributed by atoms with Gasteiger partial charge in [-0.25, -0.2) is 4.39 Å². The molecule has 7 nitrogen and oxygen atoms in total. The van der Waals surface area contributed by atoms with Gasteiger partial charge in [0.1, 0.15) is 12.4 Å². The standard InChI is InChI=1S/C27H31ClFN5O2/c1-27(2,3)34-13-5-6-16(34)15-36-21-14-30-11-9-17(21)24-25(22-19(32-24)10-12-31-26(22)35)33-20-8-4-7-18(28)23(20)29/h4,7-9,11,14,16,32-33H,5-6,10,12-13,15H2,1-3H3,(H,31,35)/t16-/m0/s1. The highest BCUT2D eigenvalue weighted by Gasteiger charge is 2.34. The van der Waals surface area contributed by atoms with Crippen molar-refractivity contribution in [3.05, 3.63) is 58.8 Å². The van der Waals surface area contributed by atoms with Crippen molar-refractivity contribution in [2.24, 2.45) is 0 Å². The molecule has 0 aliphatic carbocycles. The molecule has 0 bridgehead atoms. The Labute approximate surface area is 215 Å². The second kappa shape index (κ2) is 9.75. The van der Waals surface area contributed by atoms with Gasteiger partial charge < -0.3 is 20.4 Å². The third-order valence-electron chi connectivity index (χ3n) is 6.90. The van der Waals surface area contributed by atoms with E-state index in [1.165, 1.54) is 6.07 Å². The first-order valence-corrected chi connectivity index (χ1v) is 12.7. The number of fused-ring (bicyclic) bond motifs is 1. The number of ether oxygens (including phenoxy) is 1. The monoisotopic (exact) mass is 511 g/mol. The number of nitrogens with zero attached hydrogens (tertiary/aromatic N) is 2.